The normalized spacial score (nSPS) is 17.1. The van der Waals surface area contributed by atoms with Crippen LogP contribution in [0.2, 0.25) is 10.0 Å². The van der Waals surface area contributed by atoms with Crippen molar-refractivity contribution < 1.29 is 4.79 Å². The van der Waals surface area contributed by atoms with Gasteiger partial charge in [0.05, 0.1) is 15.7 Å². The number of fused-ring (bicyclic) bond motifs is 1. The minimum atomic E-state index is -0.0269. The SMILES string of the molecule is CC1(C)CC(=O)c2c(ncn2-c2ccc(Cl)c(Cl)c2)C1. The van der Waals surface area contributed by atoms with E-state index in [-0.39, 0.29) is 11.2 Å². The lowest BCUT2D eigenvalue weighted by molar-refractivity contribution is 0.0904. The Morgan fingerprint density at radius 2 is 1.95 bits per heavy atom. The highest BCUT2D eigenvalue weighted by Crippen LogP contribution is 2.35. The third-order valence-electron chi connectivity index (χ3n) is 3.57. The summed E-state index contributed by atoms with van der Waals surface area (Å²) in [5.41, 5.74) is 2.31. The van der Waals surface area contributed by atoms with Gasteiger partial charge in [0.25, 0.3) is 0 Å². The van der Waals surface area contributed by atoms with E-state index < -0.39 is 0 Å². The maximum atomic E-state index is 12.4. The number of rotatable bonds is 1. The van der Waals surface area contributed by atoms with Gasteiger partial charge in [0.2, 0.25) is 0 Å². The molecule has 3 nitrogen and oxygen atoms in total. The molecular weight excluding hydrogens is 295 g/mol. The van der Waals surface area contributed by atoms with Crippen molar-refractivity contribution in [2.75, 3.05) is 0 Å². The van der Waals surface area contributed by atoms with Gasteiger partial charge in [0, 0.05) is 12.1 Å². The number of carbonyl (C=O) groups excluding carboxylic acids is 1. The highest BCUT2D eigenvalue weighted by Gasteiger charge is 2.34. The second-order valence-electron chi connectivity index (χ2n) is 5.95. The first-order valence-electron chi connectivity index (χ1n) is 6.42. The lowest BCUT2D eigenvalue weighted by Crippen LogP contribution is -2.28. The molecule has 0 spiro atoms. The minimum absolute atomic E-state index is 0.0269. The maximum Gasteiger partial charge on any atom is 0.182 e. The molecule has 0 fully saturated rings. The van der Waals surface area contributed by atoms with E-state index in [1.165, 1.54) is 0 Å². The Balaban J connectivity index is 2.11. The fourth-order valence-electron chi connectivity index (χ4n) is 2.67. The standard InChI is InChI=1S/C15H14Cl2N2O/c1-15(2)6-12-14(13(20)7-15)19(8-18-12)9-3-4-10(16)11(17)5-9/h3-5,8H,6-7H2,1-2H3. The molecule has 0 bridgehead atoms. The molecular formula is C15H14Cl2N2O. The van der Waals surface area contributed by atoms with Gasteiger partial charge >= 0.3 is 0 Å². The van der Waals surface area contributed by atoms with Gasteiger partial charge in [-0.05, 0) is 30.0 Å². The second-order valence-corrected chi connectivity index (χ2v) is 6.76. The van der Waals surface area contributed by atoms with E-state index in [2.05, 4.69) is 18.8 Å². The predicted molar refractivity (Wildman–Crippen MR) is 80.0 cm³/mol. The van der Waals surface area contributed by atoms with Crippen LogP contribution in [0.15, 0.2) is 24.5 Å². The third-order valence-corrected chi connectivity index (χ3v) is 4.31. The summed E-state index contributed by atoms with van der Waals surface area (Å²) in [5, 5.41) is 0.965. The van der Waals surface area contributed by atoms with Crippen LogP contribution in [0.5, 0.6) is 0 Å². The quantitative estimate of drug-likeness (QED) is 0.785. The monoisotopic (exact) mass is 308 g/mol. The first-order chi connectivity index (χ1) is 9.37. The topological polar surface area (TPSA) is 34.9 Å². The zero-order chi connectivity index (χ0) is 14.5. The number of halogens is 2. The van der Waals surface area contributed by atoms with Crippen LogP contribution in [0.4, 0.5) is 0 Å². The fourth-order valence-corrected chi connectivity index (χ4v) is 2.97. The van der Waals surface area contributed by atoms with Gasteiger partial charge < -0.3 is 0 Å². The Kier molecular flexibility index (Phi) is 3.14. The van der Waals surface area contributed by atoms with Crippen LogP contribution in [0.3, 0.4) is 0 Å². The van der Waals surface area contributed by atoms with Crippen LogP contribution in [-0.2, 0) is 6.42 Å². The van der Waals surface area contributed by atoms with Crippen molar-refractivity contribution >= 4 is 29.0 Å². The number of benzene rings is 1. The molecule has 1 aromatic heterocycles. The molecule has 104 valence electrons. The lowest BCUT2D eigenvalue weighted by atomic mass is 9.77. The summed E-state index contributed by atoms with van der Waals surface area (Å²) in [7, 11) is 0. The Bertz CT molecular complexity index is 704. The molecule has 0 radical (unpaired) electrons. The molecule has 0 N–H and O–H groups in total. The fraction of sp³-hybridized carbons (Fsp3) is 0.333. The lowest BCUT2D eigenvalue weighted by Gasteiger charge is -2.28. The van der Waals surface area contributed by atoms with Crippen molar-refractivity contribution in [1.82, 2.24) is 9.55 Å². The summed E-state index contributed by atoms with van der Waals surface area (Å²) in [6, 6.07) is 5.31. The first-order valence-corrected chi connectivity index (χ1v) is 7.18. The molecule has 1 aliphatic carbocycles. The van der Waals surface area contributed by atoms with Crippen LogP contribution in [0.1, 0.15) is 36.5 Å². The van der Waals surface area contributed by atoms with Crippen LogP contribution in [0, 0.1) is 5.41 Å². The van der Waals surface area contributed by atoms with Crippen LogP contribution >= 0.6 is 23.2 Å². The Morgan fingerprint density at radius 1 is 1.20 bits per heavy atom. The second kappa shape index (κ2) is 4.61. The maximum absolute atomic E-state index is 12.4. The smallest absolute Gasteiger partial charge is 0.182 e. The Hall–Kier alpha value is -1.32. The van der Waals surface area contributed by atoms with Gasteiger partial charge in [-0.3, -0.25) is 9.36 Å². The molecule has 1 aromatic carbocycles. The molecule has 0 amide bonds. The number of hydrogen-bond donors (Lipinski definition) is 0. The molecule has 0 saturated heterocycles. The molecule has 0 saturated carbocycles. The number of ketones is 1. The number of aromatic nitrogens is 2. The highest BCUT2D eigenvalue weighted by molar-refractivity contribution is 6.42. The Labute approximate surface area is 127 Å². The number of carbonyl (C=O) groups is 1. The number of nitrogens with zero attached hydrogens (tertiary/aromatic N) is 2. The van der Waals surface area contributed by atoms with Gasteiger partial charge in [0.15, 0.2) is 5.78 Å². The van der Waals surface area contributed by atoms with Crippen LogP contribution in [-0.4, -0.2) is 15.3 Å². The molecule has 20 heavy (non-hydrogen) atoms. The van der Waals surface area contributed by atoms with E-state index in [1.807, 2.05) is 6.07 Å². The van der Waals surface area contributed by atoms with E-state index in [4.69, 9.17) is 23.2 Å². The van der Waals surface area contributed by atoms with Gasteiger partial charge in [-0.15, -0.1) is 0 Å². The van der Waals surface area contributed by atoms with Crippen molar-refractivity contribution in [2.45, 2.75) is 26.7 Å². The summed E-state index contributed by atoms with van der Waals surface area (Å²) < 4.78 is 1.80. The molecule has 0 aliphatic heterocycles. The molecule has 0 atom stereocenters. The van der Waals surface area contributed by atoms with E-state index >= 15 is 0 Å². The van der Waals surface area contributed by atoms with Crippen molar-refractivity contribution in [3.05, 3.63) is 46.0 Å². The average molecular weight is 309 g/mol. The van der Waals surface area contributed by atoms with Crippen molar-refractivity contribution in [3.8, 4) is 5.69 Å². The van der Waals surface area contributed by atoms with Crippen molar-refractivity contribution in [1.29, 1.82) is 0 Å². The van der Waals surface area contributed by atoms with E-state index in [0.29, 0.717) is 22.2 Å². The van der Waals surface area contributed by atoms with Gasteiger partial charge in [0.1, 0.15) is 12.0 Å². The van der Waals surface area contributed by atoms with Crippen LogP contribution in [0.25, 0.3) is 5.69 Å². The molecule has 5 heteroatoms. The first kappa shape index (κ1) is 13.7. The van der Waals surface area contributed by atoms with Gasteiger partial charge in [-0.25, -0.2) is 4.98 Å². The molecule has 2 aromatic rings. The van der Waals surface area contributed by atoms with E-state index in [9.17, 15) is 4.79 Å². The summed E-state index contributed by atoms with van der Waals surface area (Å²) >= 11 is 12.0. The number of hydrogen-bond acceptors (Lipinski definition) is 2. The minimum Gasteiger partial charge on any atom is -0.296 e. The third kappa shape index (κ3) is 2.25. The molecule has 3 rings (SSSR count). The van der Waals surface area contributed by atoms with E-state index in [0.717, 1.165) is 17.8 Å². The summed E-state index contributed by atoms with van der Waals surface area (Å²) in [6.07, 6.45) is 3.03. The molecule has 1 aliphatic rings. The van der Waals surface area contributed by atoms with Crippen molar-refractivity contribution in [3.63, 3.8) is 0 Å². The van der Waals surface area contributed by atoms with Crippen molar-refractivity contribution in [2.24, 2.45) is 5.41 Å². The summed E-state index contributed by atoms with van der Waals surface area (Å²) in [5.74, 6) is 0.125. The largest absolute Gasteiger partial charge is 0.296 e. The van der Waals surface area contributed by atoms with E-state index in [1.54, 1.807) is 23.0 Å². The van der Waals surface area contributed by atoms with Crippen LogP contribution < -0.4 is 0 Å². The molecule has 1 heterocycles. The number of Topliss-reactive ketones (excluding diaryl/α,β-unsaturated/α-hetero) is 1. The highest BCUT2D eigenvalue weighted by atomic mass is 35.5. The zero-order valence-electron chi connectivity index (χ0n) is 11.3. The average Bonchev–Trinajstić information content (AvgIpc) is 2.75. The van der Waals surface area contributed by atoms with Gasteiger partial charge in [-0.1, -0.05) is 37.0 Å². The molecule has 0 unspecified atom stereocenters. The summed E-state index contributed by atoms with van der Waals surface area (Å²) in [6.45, 7) is 4.18. The summed E-state index contributed by atoms with van der Waals surface area (Å²) in [4.78, 5) is 16.8. The van der Waals surface area contributed by atoms with Gasteiger partial charge in [-0.2, -0.15) is 0 Å². The Morgan fingerprint density at radius 3 is 2.65 bits per heavy atom. The predicted octanol–water partition coefficient (Wildman–Crippen LogP) is 4.33. The zero-order valence-corrected chi connectivity index (χ0v) is 12.8. The number of imidazole rings is 1.